The van der Waals surface area contributed by atoms with Gasteiger partial charge in [-0.1, -0.05) is 0 Å². The molecule has 1 aliphatic rings. The van der Waals surface area contributed by atoms with E-state index in [0.29, 0.717) is 48.7 Å². The Morgan fingerprint density at radius 3 is 2.55 bits per heavy atom. The summed E-state index contributed by atoms with van der Waals surface area (Å²) >= 11 is 1.25. The number of anilines is 1. The van der Waals surface area contributed by atoms with Crippen LogP contribution in [0.4, 0.5) is 14.6 Å². The van der Waals surface area contributed by atoms with Crippen molar-refractivity contribution in [3.05, 3.63) is 102 Å². The van der Waals surface area contributed by atoms with Gasteiger partial charge in [0.05, 0.1) is 23.9 Å². The summed E-state index contributed by atoms with van der Waals surface area (Å²) in [6.07, 6.45) is 5.93. The number of piperidine rings is 1. The maximum atomic E-state index is 13.8. The molecular formula is C30H23F2N9O2S. The third-order valence-corrected chi connectivity index (χ3v) is 8.07. The Morgan fingerprint density at radius 1 is 0.977 bits per heavy atom. The summed E-state index contributed by atoms with van der Waals surface area (Å²) in [5.41, 5.74) is 3.71. The van der Waals surface area contributed by atoms with Crippen LogP contribution in [0, 0.1) is 11.8 Å². The second kappa shape index (κ2) is 11.4. The fraction of sp³-hybridized carbons (Fsp3) is 0.167. The van der Waals surface area contributed by atoms with Crippen molar-refractivity contribution in [2.75, 3.05) is 18.4 Å². The number of pyridine rings is 1. The third-order valence-electron chi connectivity index (χ3n) is 7.51. The van der Waals surface area contributed by atoms with E-state index in [9.17, 15) is 18.4 Å². The number of likely N-dealkylation sites (tertiary alicyclic amines) is 1. The zero-order chi connectivity index (χ0) is 30.2. The van der Waals surface area contributed by atoms with Gasteiger partial charge in [0.2, 0.25) is 5.95 Å². The van der Waals surface area contributed by atoms with Gasteiger partial charge >= 0.3 is 0 Å². The highest BCUT2D eigenvalue weighted by molar-refractivity contribution is 7.03. The summed E-state index contributed by atoms with van der Waals surface area (Å²) in [4.78, 5) is 39.9. The Balaban J connectivity index is 1.20. The number of hydrogen-bond donors (Lipinski definition) is 1. The van der Waals surface area contributed by atoms with E-state index in [4.69, 9.17) is 10.1 Å². The van der Waals surface area contributed by atoms with Gasteiger partial charge in [0.15, 0.2) is 11.5 Å². The van der Waals surface area contributed by atoms with Crippen molar-refractivity contribution in [1.29, 1.82) is 0 Å². The Bertz CT molecular complexity index is 1980. The minimum absolute atomic E-state index is 0.0297. The van der Waals surface area contributed by atoms with E-state index in [1.807, 2.05) is 11.0 Å². The highest BCUT2D eigenvalue weighted by Gasteiger charge is 2.29. The summed E-state index contributed by atoms with van der Waals surface area (Å²) in [5, 5.41) is 9.25. The lowest BCUT2D eigenvalue weighted by molar-refractivity contribution is 0.0690. The minimum atomic E-state index is -0.760. The van der Waals surface area contributed by atoms with Crippen LogP contribution in [0.3, 0.4) is 0 Å². The number of imidazole rings is 2. The summed E-state index contributed by atoms with van der Waals surface area (Å²) in [6.45, 7) is 1.12. The highest BCUT2D eigenvalue weighted by Crippen LogP contribution is 2.35. The van der Waals surface area contributed by atoms with Gasteiger partial charge in [0, 0.05) is 47.9 Å². The number of nitrogens with one attached hydrogen (secondary N) is 1. The molecule has 1 aromatic carbocycles. The Hall–Kier alpha value is -5.37. The molecule has 2 amide bonds. The molecule has 0 radical (unpaired) electrons. The second-order valence-corrected chi connectivity index (χ2v) is 10.9. The van der Waals surface area contributed by atoms with Crippen molar-refractivity contribution >= 4 is 34.8 Å². The van der Waals surface area contributed by atoms with Crippen LogP contribution in [-0.4, -0.2) is 63.3 Å². The first-order valence-electron chi connectivity index (χ1n) is 13.7. The van der Waals surface area contributed by atoms with E-state index in [1.54, 1.807) is 46.7 Å². The molecule has 0 saturated carbocycles. The van der Waals surface area contributed by atoms with Gasteiger partial charge in [-0.2, -0.15) is 13.9 Å². The molecule has 0 spiro atoms. The molecule has 1 saturated heterocycles. The monoisotopic (exact) mass is 611 g/mol. The van der Waals surface area contributed by atoms with Gasteiger partial charge < -0.3 is 14.8 Å². The number of rotatable bonds is 6. The Labute approximate surface area is 253 Å². The molecule has 1 fully saturated rings. The van der Waals surface area contributed by atoms with E-state index < -0.39 is 11.9 Å². The summed E-state index contributed by atoms with van der Waals surface area (Å²) in [7, 11) is 0. The molecule has 11 nitrogen and oxygen atoms in total. The zero-order valence-electron chi connectivity index (χ0n) is 23.0. The van der Waals surface area contributed by atoms with Crippen LogP contribution in [0.5, 0.6) is 0 Å². The lowest BCUT2D eigenvalue weighted by Crippen LogP contribution is -2.39. The van der Waals surface area contributed by atoms with Gasteiger partial charge in [0.1, 0.15) is 17.2 Å². The van der Waals surface area contributed by atoms with Crippen molar-refractivity contribution in [3.8, 4) is 22.6 Å². The minimum Gasteiger partial charge on any atom is -0.337 e. The number of hydrogen-bond acceptors (Lipinski definition) is 8. The summed E-state index contributed by atoms with van der Waals surface area (Å²) in [5.74, 6) is -1.49. The Kier molecular flexibility index (Phi) is 7.10. The Morgan fingerprint density at radius 2 is 1.80 bits per heavy atom. The lowest BCUT2D eigenvalue weighted by atomic mass is 10.0. The molecule has 5 aromatic heterocycles. The van der Waals surface area contributed by atoms with Crippen LogP contribution in [-0.2, 0) is 0 Å². The average molecular weight is 612 g/mol. The molecule has 1 aliphatic heterocycles. The molecule has 14 heteroatoms. The predicted molar refractivity (Wildman–Crippen MR) is 158 cm³/mol. The first kappa shape index (κ1) is 27.5. The topological polar surface area (TPSA) is 123 Å². The van der Waals surface area contributed by atoms with Crippen LogP contribution in [0.2, 0.25) is 0 Å². The number of fused-ring (bicyclic) bond motifs is 1. The first-order valence-corrected chi connectivity index (χ1v) is 14.6. The van der Waals surface area contributed by atoms with E-state index in [2.05, 4.69) is 24.2 Å². The van der Waals surface area contributed by atoms with Gasteiger partial charge in [-0.3, -0.25) is 9.59 Å². The van der Waals surface area contributed by atoms with Crippen LogP contribution in [0.1, 0.15) is 39.7 Å². The van der Waals surface area contributed by atoms with E-state index in [1.165, 1.54) is 35.9 Å². The fourth-order valence-corrected chi connectivity index (χ4v) is 5.85. The molecule has 1 N–H and O–H groups in total. The standard InChI is InChI=1S/C30H23F2N9O2S/c31-20-3-1-18(2-4-20)27-28(40(17-34-27)21-8-12-39(13-9-21)30(43)23-10-14-44-38-23)22-5-6-26-35-25(16-41(26)37-22)36-29(42)19-7-11-33-24(32)15-19/h1-7,10-11,14-17,21H,8-9,12-13H2,(H,36,42). The number of nitrogens with zero attached hydrogens (tertiary/aromatic N) is 8. The van der Waals surface area contributed by atoms with Crippen LogP contribution < -0.4 is 5.32 Å². The second-order valence-electron chi connectivity index (χ2n) is 10.2. The third kappa shape index (κ3) is 5.30. The summed E-state index contributed by atoms with van der Waals surface area (Å²) < 4.78 is 35.1. The first-order chi connectivity index (χ1) is 21.4. The predicted octanol–water partition coefficient (Wildman–Crippen LogP) is 5.12. The smallest absolute Gasteiger partial charge is 0.273 e. The molecule has 0 bridgehead atoms. The van der Waals surface area contributed by atoms with Crippen molar-refractivity contribution in [1.82, 2.24) is 38.4 Å². The van der Waals surface area contributed by atoms with E-state index >= 15 is 0 Å². The van der Waals surface area contributed by atoms with Crippen LogP contribution in [0.15, 0.2) is 78.7 Å². The molecule has 0 unspecified atom stereocenters. The van der Waals surface area contributed by atoms with Crippen molar-refractivity contribution in [3.63, 3.8) is 0 Å². The van der Waals surface area contributed by atoms with E-state index in [0.717, 1.165) is 17.3 Å². The maximum absolute atomic E-state index is 13.8. The number of carbonyl (C=O) groups is 2. The normalized spacial score (nSPS) is 13.8. The lowest BCUT2D eigenvalue weighted by Gasteiger charge is -2.33. The molecule has 7 rings (SSSR count). The number of amides is 2. The molecule has 6 heterocycles. The van der Waals surface area contributed by atoms with Gasteiger partial charge in [-0.05, 0) is 72.9 Å². The fourth-order valence-electron chi connectivity index (χ4n) is 5.34. The quantitative estimate of drug-likeness (QED) is 0.260. The number of carbonyl (C=O) groups excluding carboxylic acids is 2. The van der Waals surface area contributed by atoms with Crippen molar-refractivity contribution in [2.24, 2.45) is 0 Å². The molecule has 0 atom stereocenters. The van der Waals surface area contributed by atoms with Crippen LogP contribution >= 0.6 is 11.5 Å². The number of halogens is 2. The van der Waals surface area contributed by atoms with Crippen molar-refractivity contribution < 1.29 is 18.4 Å². The number of benzene rings is 1. The van der Waals surface area contributed by atoms with Crippen LogP contribution in [0.25, 0.3) is 28.3 Å². The molecule has 220 valence electrons. The maximum Gasteiger partial charge on any atom is 0.273 e. The van der Waals surface area contributed by atoms with Gasteiger partial charge in [-0.25, -0.2) is 23.9 Å². The summed E-state index contributed by atoms with van der Waals surface area (Å²) in [6, 6.07) is 13.9. The van der Waals surface area contributed by atoms with Gasteiger partial charge in [0.25, 0.3) is 11.8 Å². The zero-order valence-corrected chi connectivity index (χ0v) is 23.8. The molecule has 0 aliphatic carbocycles. The van der Waals surface area contributed by atoms with E-state index in [-0.39, 0.29) is 29.1 Å². The highest BCUT2D eigenvalue weighted by atomic mass is 32.1. The van der Waals surface area contributed by atoms with Gasteiger partial charge in [-0.15, -0.1) is 0 Å². The molecular weight excluding hydrogens is 588 g/mol. The van der Waals surface area contributed by atoms with Crippen molar-refractivity contribution in [2.45, 2.75) is 18.9 Å². The molecule has 44 heavy (non-hydrogen) atoms. The average Bonchev–Trinajstić information content (AvgIpc) is 3.81. The number of aromatic nitrogens is 7. The largest absolute Gasteiger partial charge is 0.337 e. The molecule has 6 aromatic rings. The SMILES string of the molecule is O=C(Nc1cn2nc(-c3c(-c4ccc(F)cc4)ncn3C3CCN(C(=O)c4ccsn4)CC3)ccc2n1)c1ccnc(F)c1.